The lowest BCUT2D eigenvalue weighted by Crippen LogP contribution is -2.34. The average molecular weight is 442 g/mol. The number of para-hydroxylation sites is 1. The van der Waals surface area contributed by atoms with Gasteiger partial charge in [-0.15, -0.1) is 0 Å². The van der Waals surface area contributed by atoms with E-state index in [1.165, 1.54) is 28.1 Å². The van der Waals surface area contributed by atoms with Gasteiger partial charge in [-0.2, -0.15) is 0 Å². The van der Waals surface area contributed by atoms with Crippen molar-refractivity contribution in [2.45, 2.75) is 19.9 Å². The normalized spacial score (nSPS) is 11.2. The lowest BCUT2D eigenvalue weighted by atomic mass is 10.1. The molecule has 0 fully saturated rings. The first-order chi connectivity index (χ1) is 15.6. The van der Waals surface area contributed by atoms with Gasteiger partial charge in [0.1, 0.15) is 17.4 Å². The number of pyridine rings is 1. The lowest BCUT2D eigenvalue weighted by molar-refractivity contribution is 0.0982. The van der Waals surface area contributed by atoms with Crippen LogP contribution in [0.2, 0.25) is 0 Å². The van der Waals surface area contributed by atoms with E-state index in [0.717, 1.165) is 16.6 Å². The van der Waals surface area contributed by atoms with Crippen LogP contribution in [0, 0.1) is 0 Å². The van der Waals surface area contributed by atoms with Crippen molar-refractivity contribution in [1.82, 2.24) is 9.97 Å². The van der Waals surface area contributed by atoms with Gasteiger partial charge in [0.15, 0.2) is 5.13 Å². The molecule has 1 amide bonds. The Bertz CT molecular complexity index is 1490. The summed E-state index contributed by atoms with van der Waals surface area (Å²) in [5.74, 6) is -0.468. The van der Waals surface area contributed by atoms with E-state index in [1.807, 2.05) is 30.3 Å². The zero-order chi connectivity index (χ0) is 22.1. The third-order valence-corrected chi connectivity index (χ3v) is 6.32. The Morgan fingerprint density at radius 1 is 1.09 bits per heavy atom. The van der Waals surface area contributed by atoms with Crippen LogP contribution in [-0.2, 0) is 13.0 Å². The number of anilines is 1. The fraction of sp³-hybridized carbons (Fsp3) is 0.120. The summed E-state index contributed by atoms with van der Waals surface area (Å²) in [6, 6.07) is 18.5. The summed E-state index contributed by atoms with van der Waals surface area (Å²) in [7, 11) is 0. The number of aryl methyl sites for hydroxylation is 1. The maximum absolute atomic E-state index is 13.6. The number of nitrogens with zero attached hydrogens (tertiary/aromatic N) is 3. The SMILES string of the molecule is CCc1ccc2nc(N(Cc3ccccn3)C(=O)c3coc4ccccc4c3=O)sc2c1. The molecule has 0 aliphatic heterocycles. The van der Waals surface area contributed by atoms with Gasteiger partial charge in [-0.1, -0.05) is 42.5 Å². The van der Waals surface area contributed by atoms with Crippen LogP contribution < -0.4 is 10.3 Å². The van der Waals surface area contributed by atoms with E-state index in [2.05, 4.69) is 23.0 Å². The highest BCUT2D eigenvalue weighted by atomic mass is 32.1. The van der Waals surface area contributed by atoms with Crippen molar-refractivity contribution >= 4 is 43.6 Å². The molecule has 3 heterocycles. The van der Waals surface area contributed by atoms with Gasteiger partial charge in [-0.25, -0.2) is 4.98 Å². The van der Waals surface area contributed by atoms with Crippen molar-refractivity contribution in [3.8, 4) is 0 Å². The molecule has 0 spiro atoms. The molecule has 0 aliphatic rings. The Balaban J connectivity index is 1.62. The second kappa shape index (κ2) is 8.36. The first kappa shape index (κ1) is 20.1. The van der Waals surface area contributed by atoms with Gasteiger partial charge >= 0.3 is 0 Å². The second-order valence-electron chi connectivity index (χ2n) is 7.34. The van der Waals surface area contributed by atoms with Gasteiger partial charge in [0.25, 0.3) is 5.91 Å². The minimum Gasteiger partial charge on any atom is -0.463 e. The zero-order valence-corrected chi connectivity index (χ0v) is 18.1. The third-order valence-electron chi connectivity index (χ3n) is 5.28. The molecule has 7 heteroatoms. The van der Waals surface area contributed by atoms with Crippen LogP contribution in [0.5, 0.6) is 0 Å². The van der Waals surface area contributed by atoms with E-state index >= 15 is 0 Å². The number of thiazole rings is 1. The Kier molecular flexibility index (Phi) is 5.25. The summed E-state index contributed by atoms with van der Waals surface area (Å²) in [5, 5.41) is 0.879. The Morgan fingerprint density at radius 2 is 1.94 bits per heavy atom. The summed E-state index contributed by atoms with van der Waals surface area (Å²) in [6.07, 6.45) is 3.83. The Hall–Kier alpha value is -3.84. The van der Waals surface area contributed by atoms with Gasteiger partial charge in [0, 0.05) is 6.20 Å². The van der Waals surface area contributed by atoms with Crippen molar-refractivity contribution in [2.75, 3.05) is 4.90 Å². The molecule has 0 saturated heterocycles. The standard InChI is InChI=1S/C25H19N3O3S/c1-2-16-10-11-20-22(13-16)32-25(27-20)28(14-17-7-5-6-12-26-17)24(30)19-15-31-21-9-4-3-8-18(21)23(19)29/h3-13,15H,2,14H2,1H3. The molecule has 0 saturated carbocycles. The van der Waals surface area contributed by atoms with Crippen LogP contribution in [0.25, 0.3) is 21.2 Å². The number of rotatable bonds is 5. The molecule has 0 bridgehead atoms. The van der Waals surface area contributed by atoms with Crippen molar-refractivity contribution in [2.24, 2.45) is 0 Å². The largest absolute Gasteiger partial charge is 0.463 e. The van der Waals surface area contributed by atoms with E-state index < -0.39 is 5.91 Å². The number of fused-ring (bicyclic) bond motifs is 2. The minimum atomic E-state index is -0.468. The van der Waals surface area contributed by atoms with Crippen LogP contribution in [-0.4, -0.2) is 15.9 Å². The maximum Gasteiger partial charge on any atom is 0.267 e. The molecule has 5 rings (SSSR count). The van der Waals surface area contributed by atoms with E-state index in [9.17, 15) is 9.59 Å². The fourth-order valence-corrected chi connectivity index (χ4v) is 4.57. The van der Waals surface area contributed by atoms with E-state index in [0.29, 0.717) is 21.8 Å². The number of carbonyl (C=O) groups excluding carboxylic acids is 1. The number of carbonyl (C=O) groups is 1. The van der Waals surface area contributed by atoms with Gasteiger partial charge in [0.2, 0.25) is 5.43 Å². The van der Waals surface area contributed by atoms with Gasteiger partial charge < -0.3 is 4.42 Å². The number of amides is 1. The highest BCUT2D eigenvalue weighted by molar-refractivity contribution is 7.22. The van der Waals surface area contributed by atoms with Crippen LogP contribution in [0.4, 0.5) is 5.13 Å². The van der Waals surface area contributed by atoms with Crippen molar-refractivity contribution in [3.05, 3.63) is 100 Å². The van der Waals surface area contributed by atoms with E-state index in [4.69, 9.17) is 4.42 Å². The number of hydrogen-bond donors (Lipinski definition) is 0. The van der Waals surface area contributed by atoms with Gasteiger partial charge in [-0.3, -0.25) is 19.5 Å². The minimum absolute atomic E-state index is 0.0341. The first-order valence-corrected chi connectivity index (χ1v) is 11.1. The quantitative estimate of drug-likeness (QED) is 0.374. The molecule has 6 nitrogen and oxygen atoms in total. The molecule has 5 aromatic rings. The van der Waals surface area contributed by atoms with Crippen molar-refractivity contribution in [3.63, 3.8) is 0 Å². The van der Waals surface area contributed by atoms with Crippen molar-refractivity contribution in [1.29, 1.82) is 0 Å². The Morgan fingerprint density at radius 3 is 2.75 bits per heavy atom. The van der Waals surface area contributed by atoms with Crippen LogP contribution in [0.15, 0.2) is 82.3 Å². The Labute approximate surface area is 187 Å². The van der Waals surface area contributed by atoms with E-state index in [-0.39, 0.29) is 17.5 Å². The first-order valence-electron chi connectivity index (χ1n) is 10.3. The number of hydrogen-bond acceptors (Lipinski definition) is 6. The zero-order valence-electron chi connectivity index (χ0n) is 17.3. The smallest absolute Gasteiger partial charge is 0.267 e. The molecule has 3 aromatic heterocycles. The predicted molar refractivity (Wildman–Crippen MR) is 126 cm³/mol. The van der Waals surface area contributed by atoms with Crippen molar-refractivity contribution < 1.29 is 9.21 Å². The monoisotopic (exact) mass is 441 g/mol. The maximum atomic E-state index is 13.6. The number of benzene rings is 2. The summed E-state index contributed by atoms with van der Waals surface area (Å²) in [6.45, 7) is 2.28. The lowest BCUT2D eigenvalue weighted by Gasteiger charge is -2.19. The van der Waals surface area contributed by atoms with E-state index in [1.54, 1.807) is 30.5 Å². The van der Waals surface area contributed by atoms with Gasteiger partial charge in [-0.05, 0) is 48.4 Å². The molecular formula is C25H19N3O3S. The highest BCUT2D eigenvalue weighted by Crippen LogP contribution is 2.31. The molecule has 0 radical (unpaired) electrons. The third kappa shape index (κ3) is 3.67. The molecule has 0 unspecified atom stereocenters. The molecule has 158 valence electrons. The molecule has 2 aromatic carbocycles. The van der Waals surface area contributed by atoms with Crippen LogP contribution in [0.1, 0.15) is 28.5 Å². The topological polar surface area (TPSA) is 76.3 Å². The summed E-state index contributed by atoms with van der Waals surface area (Å²) >= 11 is 1.42. The molecule has 0 N–H and O–H groups in total. The fourth-order valence-electron chi connectivity index (χ4n) is 3.54. The predicted octanol–water partition coefficient (Wildman–Crippen LogP) is 5.21. The highest BCUT2D eigenvalue weighted by Gasteiger charge is 2.25. The molecule has 32 heavy (non-hydrogen) atoms. The number of aromatic nitrogens is 2. The summed E-state index contributed by atoms with van der Waals surface area (Å²) in [4.78, 5) is 37.2. The molecule has 0 aliphatic carbocycles. The molecular weight excluding hydrogens is 422 g/mol. The summed E-state index contributed by atoms with van der Waals surface area (Å²) in [5.41, 5.74) is 2.75. The van der Waals surface area contributed by atoms with Crippen LogP contribution >= 0.6 is 11.3 Å². The second-order valence-corrected chi connectivity index (χ2v) is 8.35. The van der Waals surface area contributed by atoms with Gasteiger partial charge in [0.05, 0.1) is 27.8 Å². The average Bonchev–Trinajstić information content (AvgIpc) is 3.26. The summed E-state index contributed by atoms with van der Waals surface area (Å²) < 4.78 is 6.58. The molecule has 0 atom stereocenters. The van der Waals surface area contributed by atoms with Crippen LogP contribution in [0.3, 0.4) is 0 Å².